The predicted molar refractivity (Wildman–Crippen MR) is 104 cm³/mol. The molecule has 25 heavy (non-hydrogen) atoms. The molecule has 2 unspecified atom stereocenters. The van der Waals surface area contributed by atoms with Gasteiger partial charge in [-0.3, -0.25) is 0 Å². The van der Waals surface area contributed by atoms with Gasteiger partial charge in [0.25, 0.3) is 0 Å². The van der Waals surface area contributed by atoms with E-state index in [1.54, 1.807) is 0 Å². The Morgan fingerprint density at radius 3 is 2.48 bits per heavy atom. The Labute approximate surface area is 145 Å². The van der Waals surface area contributed by atoms with Gasteiger partial charge in [-0.25, -0.2) is 0 Å². The second-order valence-electron chi connectivity index (χ2n) is 7.60. The molecule has 2 atom stereocenters. The number of benzene rings is 5. The maximum Gasteiger partial charge on any atom is 0.109 e. The summed E-state index contributed by atoms with van der Waals surface area (Å²) in [4.78, 5) is 0. The van der Waals surface area contributed by atoms with E-state index in [4.69, 9.17) is 4.74 Å². The van der Waals surface area contributed by atoms with E-state index in [0.717, 1.165) is 6.42 Å². The van der Waals surface area contributed by atoms with Gasteiger partial charge in [-0.1, -0.05) is 48.5 Å². The van der Waals surface area contributed by atoms with Crippen molar-refractivity contribution in [2.75, 3.05) is 0 Å². The smallest absolute Gasteiger partial charge is 0.109 e. The molecule has 0 spiro atoms. The van der Waals surface area contributed by atoms with Gasteiger partial charge in [0.15, 0.2) is 0 Å². The quantitative estimate of drug-likeness (QED) is 0.190. The van der Waals surface area contributed by atoms with Gasteiger partial charge in [-0.05, 0) is 79.2 Å². The van der Waals surface area contributed by atoms with Gasteiger partial charge in [-0.15, -0.1) is 0 Å². The van der Waals surface area contributed by atoms with Crippen molar-refractivity contribution in [1.29, 1.82) is 0 Å². The lowest BCUT2D eigenvalue weighted by Gasteiger charge is -2.19. The Morgan fingerprint density at radius 2 is 1.52 bits per heavy atom. The highest BCUT2D eigenvalue weighted by Crippen LogP contribution is 2.51. The largest absolute Gasteiger partial charge is 0.364 e. The van der Waals surface area contributed by atoms with E-state index in [1.165, 1.54) is 60.6 Å². The topological polar surface area (TPSA) is 12.5 Å². The van der Waals surface area contributed by atoms with Crippen molar-refractivity contribution < 1.29 is 4.74 Å². The van der Waals surface area contributed by atoms with Crippen molar-refractivity contribution in [3.63, 3.8) is 0 Å². The fraction of sp³-hybridized carbons (Fsp3) is 0.167. The molecular weight excluding hydrogens is 304 g/mol. The molecule has 0 amide bonds. The highest BCUT2D eigenvalue weighted by atomic mass is 16.6. The van der Waals surface area contributed by atoms with Crippen molar-refractivity contribution in [2.45, 2.75) is 25.0 Å². The van der Waals surface area contributed by atoms with Gasteiger partial charge < -0.3 is 4.74 Å². The van der Waals surface area contributed by atoms with Crippen LogP contribution in [0, 0.1) is 0 Å². The minimum Gasteiger partial charge on any atom is -0.364 e. The zero-order valence-corrected chi connectivity index (χ0v) is 13.8. The first kappa shape index (κ1) is 12.7. The second-order valence-corrected chi connectivity index (χ2v) is 7.60. The molecule has 0 N–H and O–H groups in total. The standard InChI is InChI=1S/C24H16O/c1-2-4-16-13(3-1)11-14-5-6-15-12-20-17(9-10-21-24(20)25-21)19-8-7-18(16)22(14)23(15)19/h1-8,11-12,21,24H,9-10H2. The number of epoxide rings is 1. The van der Waals surface area contributed by atoms with Crippen LogP contribution < -0.4 is 0 Å². The van der Waals surface area contributed by atoms with Crippen molar-refractivity contribution in [1.82, 2.24) is 0 Å². The summed E-state index contributed by atoms with van der Waals surface area (Å²) in [7, 11) is 0. The lowest BCUT2D eigenvalue weighted by atomic mass is 9.83. The third-order valence-electron chi connectivity index (χ3n) is 6.34. The van der Waals surface area contributed by atoms with E-state index < -0.39 is 0 Å². The van der Waals surface area contributed by atoms with Crippen LogP contribution in [0.1, 0.15) is 23.7 Å². The fourth-order valence-electron chi connectivity index (χ4n) is 5.17. The minimum atomic E-state index is 0.353. The average molecular weight is 320 g/mol. The van der Waals surface area contributed by atoms with E-state index in [-0.39, 0.29) is 0 Å². The van der Waals surface area contributed by atoms with Crippen LogP contribution >= 0.6 is 0 Å². The molecule has 1 heteroatoms. The molecule has 1 saturated heterocycles. The van der Waals surface area contributed by atoms with Gasteiger partial charge in [0.2, 0.25) is 0 Å². The lowest BCUT2D eigenvalue weighted by Crippen LogP contribution is -2.05. The molecule has 5 aromatic rings. The molecule has 1 fully saturated rings. The molecule has 0 radical (unpaired) electrons. The van der Waals surface area contributed by atoms with Crippen LogP contribution in [0.2, 0.25) is 0 Å². The summed E-state index contributed by atoms with van der Waals surface area (Å²) in [5.74, 6) is 0. The third-order valence-corrected chi connectivity index (χ3v) is 6.34. The Hall–Kier alpha value is -2.64. The maximum atomic E-state index is 5.89. The van der Waals surface area contributed by atoms with Crippen LogP contribution in [0.3, 0.4) is 0 Å². The minimum absolute atomic E-state index is 0.353. The predicted octanol–water partition coefficient (Wildman–Crippen LogP) is 6.12. The molecule has 5 aromatic carbocycles. The lowest BCUT2D eigenvalue weighted by molar-refractivity contribution is 0.373. The van der Waals surface area contributed by atoms with E-state index in [9.17, 15) is 0 Å². The Balaban J connectivity index is 1.75. The molecule has 1 heterocycles. The zero-order chi connectivity index (χ0) is 16.1. The number of hydrogen-bond acceptors (Lipinski definition) is 1. The first-order valence-electron chi connectivity index (χ1n) is 9.16. The van der Waals surface area contributed by atoms with E-state index in [2.05, 4.69) is 60.7 Å². The highest BCUT2D eigenvalue weighted by Gasteiger charge is 2.44. The number of aryl methyl sites for hydroxylation is 1. The summed E-state index contributed by atoms with van der Waals surface area (Å²) < 4.78 is 5.89. The van der Waals surface area contributed by atoms with Gasteiger partial charge in [0.05, 0.1) is 6.10 Å². The van der Waals surface area contributed by atoms with E-state index in [0.29, 0.717) is 12.2 Å². The van der Waals surface area contributed by atoms with Crippen molar-refractivity contribution in [3.05, 3.63) is 71.8 Å². The van der Waals surface area contributed by atoms with E-state index in [1.807, 2.05) is 0 Å². The van der Waals surface area contributed by atoms with Crippen LogP contribution in [-0.2, 0) is 11.2 Å². The first-order chi connectivity index (χ1) is 12.4. The molecule has 118 valence electrons. The first-order valence-corrected chi connectivity index (χ1v) is 9.16. The molecule has 7 rings (SSSR count). The third kappa shape index (κ3) is 1.49. The summed E-state index contributed by atoms with van der Waals surface area (Å²) in [6.45, 7) is 0. The number of rotatable bonds is 0. The number of hydrogen-bond donors (Lipinski definition) is 0. The van der Waals surface area contributed by atoms with Crippen molar-refractivity contribution in [3.8, 4) is 0 Å². The van der Waals surface area contributed by atoms with Gasteiger partial charge >= 0.3 is 0 Å². The van der Waals surface area contributed by atoms with Crippen LogP contribution in [0.15, 0.2) is 60.7 Å². The second kappa shape index (κ2) is 4.12. The van der Waals surface area contributed by atoms with Gasteiger partial charge in [0.1, 0.15) is 6.10 Å². The Morgan fingerprint density at radius 1 is 0.720 bits per heavy atom. The zero-order valence-electron chi connectivity index (χ0n) is 13.8. The Kier molecular flexibility index (Phi) is 2.09. The molecule has 1 nitrogen and oxygen atoms in total. The molecule has 2 aliphatic rings. The van der Waals surface area contributed by atoms with Crippen LogP contribution in [0.5, 0.6) is 0 Å². The van der Waals surface area contributed by atoms with Gasteiger partial charge in [0, 0.05) is 0 Å². The molecule has 0 saturated carbocycles. The number of ether oxygens (including phenoxy) is 1. The monoisotopic (exact) mass is 320 g/mol. The summed E-state index contributed by atoms with van der Waals surface area (Å²) in [5.41, 5.74) is 2.96. The average Bonchev–Trinajstić information content (AvgIpc) is 3.45. The maximum absolute atomic E-state index is 5.89. The van der Waals surface area contributed by atoms with Crippen LogP contribution in [-0.4, -0.2) is 6.10 Å². The summed E-state index contributed by atoms with van der Waals surface area (Å²) in [6.07, 6.45) is 3.15. The SMILES string of the molecule is c1ccc2c(c1)cc1ccc3cc4c(c5ccc2c1c35)CCC1OC41. The summed E-state index contributed by atoms with van der Waals surface area (Å²) >= 11 is 0. The molecule has 1 aliphatic heterocycles. The van der Waals surface area contributed by atoms with Crippen LogP contribution in [0.4, 0.5) is 0 Å². The Bertz CT molecular complexity index is 1330. The fourth-order valence-corrected chi connectivity index (χ4v) is 5.17. The summed E-state index contributed by atoms with van der Waals surface area (Å²) in [6, 6.07) is 22.8. The molecule has 1 aliphatic carbocycles. The highest BCUT2D eigenvalue weighted by molar-refractivity contribution is 6.29. The molecular formula is C24H16O. The molecule has 0 bridgehead atoms. The normalized spacial score (nSPS) is 21.9. The van der Waals surface area contributed by atoms with Gasteiger partial charge in [-0.2, -0.15) is 0 Å². The van der Waals surface area contributed by atoms with Crippen molar-refractivity contribution in [2.24, 2.45) is 0 Å². The molecule has 0 aromatic heterocycles. The van der Waals surface area contributed by atoms with Crippen LogP contribution in [0.25, 0.3) is 43.1 Å². The summed E-state index contributed by atoms with van der Waals surface area (Å²) in [5, 5.41) is 11.1. The van der Waals surface area contributed by atoms with Crippen molar-refractivity contribution >= 4 is 43.1 Å². The number of fused-ring (bicyclic) bond motifs is 6. The van der Waals surface area contributed by atoms with E-state index >= 15 is 0 Å².